The highest BCUT2D eigenvalue weighted by atomic mass is 16.5. The number of hydrazine groups is 1. The fourth-order valence-corrected chi connectivity index (χ4v) is 3.15. The second-order valence-electron chi connectivity index (χ2n) is 7.19. The second-order valence-corrected chi connectivity index (χ2v) is 7.19. The van der Waals surface area contributed by atoms with E-state index in [4.69, 9.17) is 4.74 Å². The second kappa shape index (κ2) is 9.92. The topological polar surface area (TPSA) is 105 Å². The number of amides is 2. The van der Waals surface area contributed by atoms with E-state index in [0.717, 1.165) is 24.0 Å². The van der Waals surface area contributed by atoms with Crippen LogP contribution in [-0.2, 0) is 9.59 Å². The van der Waals surface area contributed by atoms with E-state index in [0.29, 0.717) is 30.8 Å². The molecule has 2 amide bonds. The minimum absolute atomic E-state index is 0.340. The van der Waals surface area contributed by atoms with Crippen molar-refractivity contribution in [1.29, 1.82) is 0 Å². The Kier molecular flexibility index (Phi) is 7.61. The predicted octanol–water partition coefficient (Wildman–Crippen LogP) is 3.07. The number of carboxylic acids is 1. The van der Waals surface area contributed by atoms with Crippen LogP contribution in [0.25, 0.3) is 0 Å². The number of nitrogens with one attached hydrogen (secondary N) is 2. The maximum atomic E-state index is 12.5. The number of carbonyl (C=O) groups excluding carboxylic acids is 2. The zero-order chi connectivity index (χ0) is 20.7. The van der Waals surface area contributed by atoms with E-state index in [1.165, 1.54) is 0 Å². The lowest BCUT2D eigenvalue weighted by Gasteiger charge is -2.29. The number of unbranched alkanes of at least 4 members (excludes halogenated alkanes) is 1. The van der Waals surface area contributed by atoms with Gasteiger partial charge in [-0.25, -0.2) is 0 Å². The van der Waals surface area contributed by atoms with Crippen LogP contribution in [0.1, 0.15) is 56.8 Å². The van der Waals surface area contributed by atoms with Crippen LogP contribution in [-0.4, -0.2) is 29.5 Å². The normalized spacial score (nSPS) is 19.1. The van der Waals surface area contributed by atoms with E-state index in [-0.39, 0.29) is 0 Å². The summed E-state index contributed by atoms with van der Waals surface area (Å²) in [5, 5.41) is 9.42. The number of aliphatic carboxylic acids is 1. The van der Waals surface area contributed by atoms with Crippen molar-refractivity contribution >= 4 is 17.8 Å². The standard InChI is InChI=1S/C21H28N2O5/c1-4-5-10-28-16-8-6-15(7-9-16)19(24)22-23-20(25)17-11-13(2)14(3)12-18(17)21(26)27/h6-9,17-18H,4-5,10-12H2,1-3H3,(H,22,24)(H,23,25)(H,26,27). The van der Waals surface area contributed by atoms with Crippen LogP contribution >= 0.6 is 0 Å². The monoisotopic (exact) mass is 388 g/mol. The molecule has 0 heterocycles. The van der Waals surface area contributed by atoms with E-state index < -0.39 is 29.6 Å². The van der Waals surface area contributed by atoms with Gasteiger partial charge in [0.05, 0.1) is 18.4 Å². The first kappa shape index (κ1) is 21.5. The van der Waals surface area contributed by atoms with Gasteiger partial charge in [0, 0.05) is 5.56 Å². The maximum Gasteiger partial charge on any atom is 0.307 e. The number of carbonyl (C=O) groups is 3. The van der Waals surface area contributed by atoms with Crippen LogP contribution in [0.5, 0.6) is 5.75 Å². The molecule has 152 valence electrons. The van der Waals surface area contributed by atoms with Crippen molar-refractivity contribution in [3.8, 4) is 5.75 Å². The first-order valence-electron chi connectivity index (χ1n) is 9.54. The Morgan fingerprint density at radius 1 is 1.04 bits per heavy atom. The molecule has 0 fully saturated rings. The highest BCUT2D eigenvalue weighted by Crippen LogP contribution is 2.34. The van der Waals surface area contributed by atoms with E-state index in [1.54, 1.807) is 24.3 Å². The molecule has 0 spiro atoms. The molecule has 0 saturated heterocycles. The van der Waals surface area contributed by atoms with E-state index in [1.807, 2.05) is 13.8 Å². The molecule has 2 rings (SSSR count). The summed E-state index contributed by atoms with van der Waals surface area (Å²) in [5.41, 5.74) is 7.12. The highest BCUT2D eigenvalue weighted by Gasteiger charge is 2.37. The highest BCUT2D eigenvalue weighted by molar-refractivity contribution is 5.96. The first-order chi connectivity index (χ1) is 13.3. The number of hydrogen-bond donors (Lipinski definition) is 3. The average molecular weight is 388 g/mol. The third kappa shape index (κ3) is 5.58. The van der Waals surface area contributed by atoms with Gasteiger partial charge in [0.25, 0.3) is 5.91 Å². The molecule has 1 aliphatic rings. The van der Waals surface area contributed by atoms with Gasteiger partial charge < -0.3 is 9.84 Å². The molecule has 1 aliphatic carbocycles. The van der Waals surface area contributed by atoms with Crippen LogP contribution < -0.4 is 15.6 Å². The molecule has 0 aromatic heterocycles. The molecule has 0 radical (unpaired) electrons. The smallest absolute Gasteiger partial charge is 0.307 e. The molecular weight excluding hydrogens is 360 g/mol. The van der Waals surface area contributed by atoms with Crippen molar-refractivity contribution in [1.82, 2.24) is 10.9 Å². The maximum absolute atomic E-state index is 12.5. The third-order valence-electron chi connectivity index (χ3n) is 5.10. The molecule has 3 N–H and O–H groups in total. The van der Waals surface area contributed by atoms with Crippen molar-refractivity contribution in [2.75, 3.05) is 6.61 Å². The van der Waals surface area contributed by atoms with Crippen molar-refractivity contribution < 1.29 is 24.2 Å². The van der Waals surface area contributed by atoms with Gasteiger partial charge in [0.15, 0.2) is 0 Å². The largest absolute Gasteiger partial charge is 0.494 e. The number of rotatable bonds is 7. The molecule has 2 atom stereocenters. The molecule has 0 saturated carbocycles. The molecule has 0 bridgehead atoms. The lowest BCUT2D eigenvalue weighted by molar-refractivity contribution is -0.147. The molecule has 7 nitrogen and oxygen atoms in total. The number of ether oxygens (including phenoxy) is 1. The van der Waals surface area contributed by atoms with Crippen molar-refractivity contribution in [2.45, 2.75) is 46.5 Å². The van der Waals surface area contributed by atoms with E-state index in [9.17, 15) is 19.5 Å². The number of allylic oxidation sites excluding steroid dienone is 2. The Balaban J connectivity index is 1.92. The Bertz CT molecular complexity index is 755. The summed E-state index contributed by atoms with van der Waals surface area (Å²) in [4.78, 5) is 36.2. The lowest BCUT2D eigenvalue weighted by Crippen LogP contribution is -2.48. The van der Waals surface area contributed by atoms with Crippen LogP contribution in [0.2, 0.25) is 0 Å². The number of benzene rings is 1. The summed E-state index contributed by atoms with van der Waals surface area (Å²) < 4.78 is 5.55. The SMILES string of the molecule is CCCCOc1ccc(C(=O)NNC(=O)C2CC(C)=C(C)CC2C(=O)O)cc1. The predicted molar refractivity (Wildman–Crippen MR) is 105 cm³/mol. The van der Waals surface area contributed by atoms with Gasteiger partial charge in [-0.05, 0) is 57.4 Å². The summed E-state index contributed by atoms with van der Waals surface area (Å²) >= 11 is 0. The van der Waals surface area contributed by atoms with Crippen LogP contribution in [0.4, 0.5) is 0 Å². The molecule has 1 aromatic carbocycles. The first-order valence-corrected chi connectivity index (χ1v) is 9.54. The van der Waals surface area contributed by atoms with Gasteiger partial charge in [0.2, 0.25) is 5.91 Å². The molecule has 1 aromatic rings. The molecule has 28 heavy (non-hydrogen) atoms. The summed E-state index contributed by atoms with van der Waals surface area (Å²) in [5.74, 6) is -2.79. The van der Waals surface area contributed by atoms with Gasteiger partial charge in [-0.2, -0.15) is 0 Å². The average Bonchev–Trinajstić information content (AvgIpc) is 2.68. The minimum Gasteiger partial charge on any atom is -0.494 e. The minimum atomic E-state index is -1.00. The zero-order valence-corrected chi connectivity index (χ0v) is 16.6. The van der Waals surface area contributed by atoms with Gasteiger partial charge in [-0.3, -0.25) is 25.2 Å². The molecular formula is C21H28N2O5. The van der Waals surface area contributed by atoms with E-state index >= 15 is 0 Å². The van der Waals surface area contributed by atoms with Gasteiger partial charge >= 0.3 is 5.97 Å². The van der Waals surface area contributed by atoms with Crippen molar-refractivity contribution in [3.05, 3.63) is 41.0 Å². The zero-order valence-electron chi connectivity index (χ0n) is 16.6. The Labute approximate surface area is 165 Å². The summed E-state index contributed by atoms with van der Waals surface area (Å²) in [6.45, 7) is 6.49. The third-order valence-corrected chi connectivity index (χ3v) is 5.10. The number of hydrogen-bond acceptors (Lipinski definition) is 4. The molecule has 7 heteroatoms. The fraction of sp³-hybridized carbons (Fsp3) is 0.476. The number of carboxylic acid groups (broad SMARTS) is 1. The molecule has 2 unspecified atom stereocenters. The fourth-order valence-electron chi connectivity index (χ4n) is 3.15. The summed E-state index contributed by atoms with van der Waals surface area (Å²) in [6.07, 6.45) is 2.71. The molecule has 0 aliphatic heterocycles. The van der Waals surface area contributed by atoms with Gasteiger partial charge in [-0.15, -0.1) is 0 Å². The van der Waals surface area contributed by atoms with Gasteiger partial charge in [0.1, 0.15) is 5.75 Å². The summed E-state index contributed by atoms with van der Waals surface area (Å²) in [6, 6.07) is 6.62. The van der Waals surface area contributed by atoms with Crippen LogP contribution in [0, 0.1) is 11.8 Å². The van der Waals surface area contributed by atoms with Gasteiger partial charge in [-0.1, -0.05) is 24.5 Å². The van der Waals surface area contributed by atoms with Crippen LogP contribution in [0.15, 0.2) is 35.4 Å². The quantitative estimate of drug-likeness (QED) is 0.378. The Morgan fingerprint density at radius 2 is 1.64 bits per heavy atom. The Hall–Kier alpha value is -2.83. The van der Waals surface area contributed by atoms with E-state index in [2.05, 4.69) is 17.8 Å². The Morgan fingerprint density at radius 3 is 2.21 bits per heavy atom. The van der Waals surface area contributed by atoms with Crippen molar-refractivity contribution in [2.24, 2.45) is 11.8 Å². The van der Waals surface area contributed by atoms with Crippen molar-refractivity contribution in [3.63, 3.8) is 0 Å². The summed E-state index contributed by atoms with van der Waals surface area (Å²) in [7, 11) is 0. The van der Waals surface area contributed by atoms with Crippen LogP contribution in [0.3, 0.4) is 0 Å². The lowest BCUT2D eigenvalue weighted by atomic mass is 9.76.